The first-order valence-electron chi connectivity index (χ1n) is 8.13. The summed E-state index contributed by atoms with van der Waals surface area (Å²) >= 11 is 5.17. The van der Waals surface area contributed by atoms with Crippen LogP contribution in [0, 0.1) is 0 Å². The summed E-state index contributed by atoms with van der Waals surface area (Å²) in [7, 11) is 0. The van der Waals surface area contributed by atoms with Gasteiger partial charge in [-0.2, -0.15) is 0 Å². The Morgan fingerprint density at radius 1 is 1.43 bits per heavy atom. The third kappa shape index (κ3) is 5.80. The molecule has 1 unspecified atom stereocenters. The maximum absolute atomic E-state index is 12.4. The first kappa shape index (κ1) is 17.7. The van der Waals surface area contributed by atoms with Crippen LogP contribution in [0.5, 0.6) is 5.75 Å². The zero-order valence-corrected chi connectivity index (χ0v) is 14.3. The highest BCUT2D eigenvalue weighted by Gasteiger charge is 2.17. The van der Waals surface area contributed by atoms with Gasteiger partial charge >= 0.3 is 0 Å². The van der Waals surface area contributed by atoms with Crippen LogP contribution in [0.1, 0.15) is 43.0 Å². The average molecular weight is 336 g/mol. The Balaban J connectivity index is 1.85. The third-order valence-electron chi connectivity index (χ3n) is 3.63. The first-order valence-corrected chi connectivity index (χ1v) is 8.54. The molecule has 1 aromatic carbocycles. The van der Waals surface area contributed by atoms with E-state index in [0.29, 0.717) is 29.6 Å². The number of amides is 1. The number of para-hydroxylation sites is 1. The van der Waals surface area contributed by atoms with Gasteiger partial charge in [0.2, 0.25) is 0 Å². The lowest BCUT2D eigenvalue weighted by molar-refractivity contribution is 0.0969. The second kappa shape index (κ2) is 9.47. The molecule has 6 heteroatoms. The van der Waals surface area contributed by atoms with E-state index in [4.69, 9.17) is 21.7 Å². The van der Waals surface area contributed by atoms with Crippen LogP contribution in [-0.4, -0.2) is 36.9 Å². The van der Waals surface area contributed by atoms with Crippen LogP contribution in [-0.2, 0) is 4.74 Å². The van der Waals surface area contributed by atoms with Gasteiger partial charge in [0.25, 0.3) is 5.91 Å². The first-order chi connectivity index (χ1) is 11.2. The molecule has 1 saturated heterocycles. The molecule has 1 amide bonds. The summed E-state index contributed by atoms with van der Waals surface area (Å²) < 4.78 is 11.2. The Morgan fingerprint density at radius 2 is 2.26 bits per heavy atom. The highest BCUT2D eigenvalue weighted by atomic mass is 32.1. The Labute approximate surface area is 142 Å². The number of thiocarbonyl (C=S) groups is 1. The quantitative estimate of drug-likeness (QED) is 0.592. The number of rotatable bonds is 7. The minimum atomic E-state index is -0.262. The van der Waals surface area contributed by atoms with Crippen molar-refractivity contribution in [1.29, 1.82) is 0 Å². The molecule has 1 heterocycles. The van der Waals surface area contributed by atoms with E-state index in [-0.39, 0.29) is 12.0 Å². The molecule has 0 aromatic heterocycles. The monoisotopic (exact) mass is 336 g/mol. The zero-order chi connectivity index (χ0) is 16.5. The van der Waals surface area contributed by atoms with Gasteiger partial charge in [0.15, 0.2) is 5.11 Å². The van der Waals surface area contributed by atoms with E-state index in [1.165, 1.54) is 0 Å². The number of hydrogen-bond acceptors (Lipinski definition) is 4. The fourth-order valence-electron chi connectivity index (χ4n) is 2.33. The second-order valence-corrected chi connectivity index (χ2v) is 5.91. The molecular formula is C17H24N2O3S. The van der Waals surface area contributed by atoms with Crippen molar-refractivity contribution in [3.8, 4) is 5.75 Å². The van der Waals surface area contributed by atoms with Crippen LogP contribution in [0.15, 0.2) is 24.3 Å². The van der Waals surface area contributed by atoms with Crippen LogP contribution < -0.4 is 15.4 Å². The number of unbranched alkanes of at least 4 members (excludes halogenated alkanes) is 1. The minimum Gasteiger partial charge on any atom is -0.493 e. The van der Waals surface area contributed by atoms with Crippen molar-refractivity contribution in [3.63, 3.8) is 0 Å². The molecule has 23 heavy (non-hydrogen) atoms. The molecule has 0 spiro atoms. The number of benzene rings is 1. The molecule has 1 fully saturated rings. The van der Waals surface area contributed by atoms with E-state index in [9.17, 15) is 4.79 Å². The van der Waals surface area contributed by atoms with Gasteiger partial charge < -0.3 is 14.8 Å². The molecule has 2 rings (SSSR count). The van der Waals surface area contributed by atoms with Crippen molar-refractivity contribution in [2.45, 2.75) is 38.7 Å². The Morgan fingerprint density at radius 3 is 3.00 bits per heavy atom. The van der Waals surface area contributed by atoms with Crippen molar-refractivity contribution in [2.75, 3.05) is 19.8 Å². The zero-order valence-electron chi connectivity index (χ0n) is 13.5. The highest BCUT2D eigenvalue weighted by Crippen LogP contribution is 2.18. The van der Waals surface area contributed by atoms with E-state index < -0.39 is 0 Å². The maximum atomic E-state index is 12.4. The molecule has 1 atom stereocenters. The standard InChI is InChI=1S/C17H24N2O3S/c1-2-3-10-22-15-9-5-4-8-14(15)16(20)19-17(23)18-12-13-7-6-11-21-13/h4-5,8-9,13H,2-3,6-7,10-12H2,1H3,(H2,18,19,20,23). The number of hydrogen-bond donors (Lipinski definition) is 2. The molecule has 0 radical (unpaired) electrons. The molecule has 126 valence electrons. The number of carbonyl (C=O) groups excluding carboxylic acids is 1. The van der Waals surface area contributed by atoms with Crippen molar-refractivity contribution in [2.24, 2.45) is 0 Å². The summed E-state index contributed by atoms with van der Waals surface area (Å²) in [6.45, 7) is 4.12. The molecule has 0 saturated carbocycles. The van der Waals surface area contributed by atoms with E-state index in [2.05, 4.69) is 17.6 Å². The van der Waals surface area contributed by atoms with Crippen LogP contribution >= 0.6 is 12.2 Å². The second-order valence-electron chi connectivity index (χ2n) is 5.50. The van der Waals surface area contributed by atoms with Gasteiger partial charge in [0, 0.05) is 13.2 Å². The predicted molar refractivity (Wildman–Crippen MR) is 93.9 cm³/mol. The summed E-state index contributed by atoms with van der Waals surface area (Å²) in [5, 5.41) is 6.04. The van der Waals surface area contributed by atoms with Gasteiger partial charge in [-0.15, -0.1) is 0 Å². The number of nitrogens with one attached hydrogen (secondary N) is 2. The van der Waals surface area contributed by atoms with E-state index in [1.54, 1.807) is 12.1 Å². The normalized spacial score (nSPS) is 16.8. The molecule has 2 N–H and O–H groups in total. The van der Waals surface area contributed by atoms with Crippen LogP contribution in [0.4, 0.5) is 0 Å². The van der Waals surface area contributed by atoms with Crippen molar-refractivity contribution in [3.05, 3.63) is 29.8 Å². The third-order valence-corrected chi connectivity index (χ3v) is 3.87. The maximum Gasteiger partial charge on any atom is 0.261 e. The minimum absolute atomic E-state index is 0.175. The van der Waals surface area contributed by atoms with Crippen LogP contribution in [0.25, 0.3) is 0 Å². The molecule has 1 aromatic rings. The van der Waals surface area contributed by atoms with Crippen molar-refractivity contribution >= 4 is 23.2 Å². The lowest BCUT2D eigenvalue weighted by atomic mass is 10.2. The van der Waals surface area contributed by atoms with Gasteiger partial charge in [-0.1, -0.05) is 25.5 Å². The van der Waals surface area contributed by atoms with Crippen LogP contribution in [0.3, 0.4) is 0 Å². The van der Waals surface area contributed by atoms with Gasteiger partial charge in [0.1, 0.15) is 5.75 Å². The van der Waals surface area contributed by atoms with E-state index in [1.807, 2.05) is 12.1 Å². The van der Waals surface area contributed by atoms with Gasteiger partial charge in [-0.25, -0.2) is 0 Å². The van der Waals surface area contributed by atoms with Crippen molar-refractivity contribution in [1.82, 2.24) is 10.6 Å². The molecule has 0 bridgehead atoms. The van der Waals surface area contributed by atoms with E-state index in [0.717, 1.165) is 32.3 Å². The number of carbonyl (C=O) groups is 1. The lowest BCUT2D eigenvalue weighted by Gasteiger charge is -2.14. The smallest absolute Gasteiger partial charge is 0.261 e. The summed E-state index contributed by atoms with van der Waals surface area (Å²) in [6.07, 6.45) is 4.28. The van der Waals surface area contributed by atoms with E-state index >= 15 is 0 Å². The molecule has 1 aliphatic rings. The summed E-state index contributed by atoms with van der Waals surface area (Å²) in [5.41, 5.74) is 0.491. The summed E-state index contributed by atoms with van der Waals surface area (Å²) in [4.78, 5) is 12.4. The largest absolute Gasteiger partial charge is 0.493 e. The van der Waals surface area contributed by atoms with Gasteiger partial charge in [0.05, 0.1) is 18.3 Å². The van der Waals surface area contributed by atoms with Crippen molar-refractivity contribution < 1.29 is 14.3 Å². The highest BCUT2D eigenvalue weighted by molar-refractivity contribution is 7.80. The number of ether oxygens (including phenoxy) is 2. The fraction of sp³-hybridized carbons (Fsp3) is 0.529. The topological polar surface area (TPSA) is 59.6 Å². The summed E-state index contributed by atoms with van der Waals surface area (Å²) in [5.74, 6) is 0.322. The SMILES string of the molecule is CCCCOc1ccccc1C(=O)NC(=S)NCC1CCCO1. The van der Waals surface area contributed by atoms with Gasteiger partial charge in [-0.3, -0.25) is 10.1 Å². The van der Waals surface area contributed by atoms with Crippen LogP contribution in [0.2, 0.25) is 0 Å². The molecule has 5 nitrogen and oxygen atoms in total. The predicted octanol–water partition coefficient (Wildman–Crippen LogP) is 2.65. The average Bonchev–Trinajstić information content (AvgIpc) is 3.07. The Hall–Kier alpha value is -1.66. The summed E-state index contributed by atoms with van der Waals surface area (Å²) in [6, 6.07) is 7.20. The Bertz CT molecular complexity index is 530. The lowest BCUT2D eigenvalue weighted by Crippen LogP contribution is -2.42. The Kier molecular flexibility index (Phi) is 7.29. The molecule has 0 aliphatic carbocycles. The molecular weight excluding hydrogens is 312 g/mol. The van der Waals surface area contributed by atoms with Gasteiger partial charge in [-0.05, 0) is 43.6 Å². The fourth-order valence-corrected chi connectivity index (χ4v) is 2.51. The molecule has 1 aliphatic heterocycles.